The molecular weight excluding hydrogens is 579 g/mol. The number of nitrogens with one attached hydrogen (secondary N) is 1. The zero-order valence-corrected chi connectivity index (χ0v) is 23.2. The van der Waals surface area contributed by atoms with E-state index in [9.17, 15) is 40.3 Å². The Hall–Kier alpha value is -2.86. The van der Waals surface area contributed by atoms with Gasteiger partial charge in [-0.3, -0.25) is 9.59 Å². The van der Waals surface area contributed by atoms with Crippen LogP contribution >= 0.6 is 12.4 Å². The van der Waals surface area contributed by atoms with Crippen LogP contribution in [0.5, 0.6) is 0 Å². The Bertz CT molecular complexity index is 1230. The summed E-state index contributed by atoms with van der Waals surface area (Å²) >= 11 is 0. The van der Waals surface area contributed by atoms with Gasteiger partial charge in [-0.15, -0.1) is 12.4 Å². The normalized spacial score (nSPS) is 21.4. The van der Waals surface area contributed by atoms with Crippen molar-refractivity contribution in [1.82, 2.24) is 15.1 Å². The van der Waals surface area contributed by atoms with Crippen LogP contribution in [-0.4, -0.2) is 54.8 Å². The molecule has 0 radical (unpaired) electrons. The van der Waals surface area contributed by atoms with E-state index in [1.54, 1.807) is 17.9 Å². The quantitative estimate of drug-likeness (QED) is 0.437. The Morgan fingerprint density at radius 2 is 1.63 bits per heavy atom. The zero-order valence-electron chi connectivity index (χ0n) is 22.4. The number of carbonyl (C=O) groups is 2. The van der Waals surface area contributed by atoms with Crippen LogP contribution in [0.1, 0.15) is 46.6 Å². The van der Waals surface area contributed by atoms with Crippen molar-refractivity contribution in [2.75, 3.05) is 33.2 Å². The fourth-order valence-corrected chi connectivity index (χ4v) is 5.69. The largest absolute Gasteiger partial charge is 0.416 e. The van der Waals surface area contributed by atoms with E-state index in [-0.39, 0.29) is 55.4 Å². The Morgan fingerprint density at radius 1 is 1.00 bits per heavy atom. The second-order valence-electron chi connectivity index (χ2n) is 10.6. The molecule has 2 saturated heterocycles. The summed E-state index contributed by atoms with van der Waals surface area (Å²) in [6, 6.07) is 5.41. The van der Waals surface area contributed by atoms with Crippen LogP contribution in [0, 0.1) is 24.6 Å². The van der Waals surface area contributed by atoms with Gasteiger partial charge in [0.1, 0.15) is 5.82 Å². The van der Waals surface area contributed by atoms with Gasteiger partial charge in [-0.05, 0) is 73.3 Å². The summed E-state index contributed by atoms with van der Waals surface area (Å²) in [5, 5.41) is 3.15. The van der Waals surface area contributed by atoms with E-state index in [1.807, 2.05) is 0 Å². The second kappa shape index (κ2) is 12.6. The monoisotopic (exact) mass is 609 g/mol. The van der Waals surface area contributed by atoms with Crippen LogP contribution in [0.3, 0.4) is 0 Å². The predicted octanol–water partition coefficient (Wildman–Crippen LogP) is 5.79. The molecular formula is C28H31ClF7N3O2. The molecule has 5 nitrogen and oxygen atoms in total. The number of carbonyl (C=O) groups excluding carboxylic acids is 2. The molecule has 4 rings (SSSR count). The van der Waals surface area contributed by atoms with Crippen molar-refractivity contribution in [1.29, 1.82) is 0 Å². The van der Waals surface area contributed by atoms with E-state index >= 15 is 0 Å². The Morgan fingerprint density at radius 3 is 2.17 bits per heavy atom. The highest BCUT2D eigenvalue weighted by Gasteiger charge is 2.41. The number of aryl methyl sites for hydroxylation is 1. The molecule has 0 spiro atoms. The third-order valence-electron chi connectivity index (χ3n) is 7.73. The highest BCUT2D eigenvalue weighted by Crippen LogP contribution is 2.38. The molecule has 13 heteroatoms. The standard InChI is InChI=1S/C28H30F7N3O2.ClH/c1-16-9-21(29)3-4-22(16)24-15-38(25(39)18-5-7-36-13-18)8-6-23(24)26(40)37(2)14-17-10-19(27(30,31)32)12-20(11-17)28(33,34)35;/h3-4,9-12,18,23-24,36H,5-8,13-15H2,1-2H3;1H/t18?,23-,24+;/m1./s1. The summed E-state index contributed by atoms with van der Waals surface area (Å²) in [5.74, 6) is -2.42. The minimum Gasteiger partial charge on any atom is -0.342 e. The van der Waals surface area contributed by atoms with Crippen molar-refractivity contribution in [2.24, 2.45) is 11.8 Å². The van der Waals surface area contributed by atoms with E-state index in [0.717, 1.165) is 11.4 Å². The number of benzene rings is 2. The Labute approximate surface area is 239 Å². The molecule has 2 aliphatic rings. The first-order valence-electron chi connectivity index (χ1n) is 12.9. The average molecular weight is 610 g/mol. The minimum atomic E-state index is -5.00. The average Bonchev–Trinajstić information content (AvgIpc) is 3.41. The van der Waals surface area contributed by atoms with Gasteiger partial charge in [0.25, 0.3) is 0 Å². The van der Waals surface area contributed by atoms with Gasteiger partial charge in [0, 0.05) is 45.1 Å². The van der Waals surface area contributed by atoms with Crippen molar-refractivity contribution >= 4 is 24.2 Å². The smallest absolute Gasteiger partial charge is 0.342 e. The summed E-state index contributed by atoms with van der Waals surface area (Å²) in [6.07, 6.45) is -9.07. The van der Waals surface area contributed by atoms with Gasteiger partial charge in [-0.2, -0.15) is 26.3 Å². The molecule has 3 atom stereocenters. The van der Waals surface area contributed by atoms with Gasteiger partial charge in [-0.25, -0.2) is 4.39 Å². The van der Waals surface area contributed by atoms with E-state index in [1.165, 1.54) is 19.2 Å². The van der Waals surface area contributed by atoms with Gasteiger partial charge in [0.05, 0.1) is 17.0 Å². The molecule has 0 saturated carbocycles. The molecule has 1 unspecified atom stereocenters. The molecule has 2 aliphatic heterocycles. The number of likely N-dealkylation sites (tertiary alicyclic amines) is 1. The highest BCUT2D eigenvalue weighted by atomic mass is 35.5. The van der Waals surface area contributed by atoms with Crippen LogP contribution in [0.25, 0.3) is 0 Å². The topological polar surface area (TPSA) is 52.7 Å². The highest BCUT2D eigenvalue weighted by molar-refractivity contribution is 5.85. The summed E-state index contributed by atoms with van der Waals surface area (Å²) in [7, 11) is 1.33. The first-order chi connectivity index (χ1) is 18.6. The predicted molar refractivity (Wildman–Crippen MR) is 140 cm³/mol. The Balaban J connectivity index is 0.00000462. The second-order valence-corrected chi connectivity index (χ2v) is 10.6. The third-order valence-corrected chi connectivity index (χ3v) is 7.73. The van der Waals surface area contributed by atoms with Crippen LogP contribution in [-0.2, 0) is 28.5 Å². The lowest BCUT2D eigenvalue weighted by Crippen LogP contribution is -2.49. The number of alkyl halides is 6. The van der Waals surface area contributed by atoms with Crippen LogP contribution in [0.15, 0.2) is 36.4 Å². The molecule has 1 N–H and O–H groups in total. The molecule has 2 heterocycles. The number of hydrogen-bond acceptors (Lipinski definition) is 3. The van der Waals surface area contributed by atoms with Crippen LogP contribution < -0.4 is 5.32 Å². The molecule has 226 valence electrons. The SMILES string of the molecule is Cc1cc(F)ccc1[C@@H]1CN(C(=O)C2CCNC2)CC[C@H]1C(=O)N(C)Cc1cc(C(F)(F)F)cc(C(F)(F)F)c1.Cl. The fraction of sp³-hybridized carbons (Fsp3) is 0.500. The maximum Gasteiger partial charge on any atom is 0.416 e. The fourth-order valence-electron chi connectivity index (χ4n) is 5.69. The number of nitrogens with zero attached hydrogens (tertiary/aromatic N) is 2. The van der Waals surface area contributed by atoms with Crippen molar-refractivity contribution in [3.63, 3.8) is 0 Å². The lowest BCUT2D eigenvalue weighted by molar-refractivity contribution is -0.143. The number of halogens is 8. The Kier molecular flexibility index (Phi) is 10.0. The summed E-state index contributed by atoms with van der Waals surface area (Å²) in [5.41, 5.74) is -1.98. The maximum absolute atomic E-state index is 13.9. The molecule has 2 fully saturated rings. The molecule has 2 aromatic carbocycles. The van der Waals surface area contributed by atoms with Gasteiger partial charge in [0.2, 0.25) is 11.8 Å². The molecule has 2 amide bonds. The van der Waals surface area contributed by atoms with Gasteiger partial charge < -0.3 is 15.1 Å². The summed E-state index contributed by atoms with van der Waals surface area (Å²) in [4.78, 5) is 29.6. The van der Waals surface area contributed by atoms with Crippen molar-refractivity contribution in [2.45, 2.75) is 44.6 Å². The van der Waals surface area contributed by atoms with E-state index in [2.05, 4.69) is 5.32 Å². The lowest BCUT2D eigenvalue weighted by atomic mass is 9.78. The van der Waals surface area contributed by atoms with Gasteiger partial charge in [-0.1, -0.05) is 6.07 Å². The molecule has 0 aliphatic carbocycles. The summed E-state index contributed by atoms with van der Waals surface area (Å²) < 4.78 is 93.9. The number of rotatable bonds is 5. The zero-order chi connectivity index (χ0) is 29.4. The minimum absolute atomic E-state index is 0. The van der Waals surface area contributed by atoms with Crippen molar-refractivity contribution < 1.29 is 40.3 Å². The van der Waals surface area contributed by atoms with Gasteiger partial charge >= 0.3 is 12.4 Å². The van der Waals surface area contributed by atoms with Crippen molar-refractivity contribution in [3.8, 4) is 0 Å². The van der Waals surface area contributed by atoms with Crippen LogP contribution in [0.4, 0.5) is 30.7 Å². The maximum atomic E-state index is 13.9. The lowest BCUT2D eigenvalue weighted by Gasteiger charge is -2.41. The number of amides is 2. The van der Waals surface area contributed by atoms with Crippen LogP contribution in [0.2, 0.25) is 0 Å². The first-order valence-corrected chi connectivity index (χ1v) is 12.9. The molecule has 41 heavy (non-hydrogen) atoms. The third kappa shape index (κ3) is 7.51. The number of piperidine rings is 1. The first kappa shape index (κ1) is 32.7. The van der Waals surface area contributed by atoms with Crippen molar-refractivity contribution in [3.05, 3.63) is 70.0 Å². The molecule has 2 aromatic rings. The van der Waals surface area contributed by atoms with E-state index in [0.29, 0.717) is 36.2 Å². The van der Waals surface area contributed by atoms with E-state index in [4.69, 9.17) is 0 Å². The van der Waals surface area contributed by atoms with Gasteiger partial charge in [0.15, 0.2) is 0 Å². The number of hydrogen-bond donors (Lipinski definition) is 1. The molecule has 0 aromatic heterocycles. The molecule has 0 bridgehead atoms. The van der Waals surface area contributed by atoms with E-state index < -0.39 is 53.6 Å². The summed E-state index contributed by atoms with van der Waals surface area (Å²) in [6.45, 7) is 2.95.